The lowest BCUT2D eigenvalue weighted by Crippen LogP contribution is -2.30. The van der Waals surface area contributed by atoms with Gasteiger partial charge >= 0.3 is 0 Å². The summed E-state index contributed by atoms with van der Waals surface area (Å²) in [5, 5.41) is 0. The second kappa shape index (κ2) is 8.37. The second-order valence-corrected chi connectivity index (χ2v) is 8.44. The van der Waals surface area contributed by atoms with Crippen LogP contribution in [0.2, 0.25) is 0 Å². The fraction of sp³-hybridized carbons (Fsp3) is 0.250. The molecule has 0 saturated carbocycles. The van der Waals surface area contributed by atoms with Gasteiger partial charge in [0.15, 0.2) is 0 Å². The highest BCUT2D eigenvalue weighted by atomic mass is 32.2. The molecule has 0 bridgehead atoms. The third-order valence-electron chi connectivity index (χ3n) is 4.29. The first-order valence-electron chi connectivity index (χ1n) is 8.66. The number of aromatic nitrogens is 2. The lowest BCUT2D eigenvalue weighted by Gasteiger charge is -2.18. The molecule has 3 aromatic rings. The van der Waals surface area contributed by atoms with Crippen LogP contribution in [-0.2, 0) is 23.1 Å². The van der Waals surface area contributed by atoms with E-state index in [1.807, 2.05) is 53.1 Å². The van der Waals surface area contributed by atoms with Gasteiger partial charge in [0.1, 0.15) is 12.4 Å². The first kappa shape index (κ1) is 19.1. The van der Waals surface area contributed by atoms with Gasteiger partial charge in [-0.1, -0.05) is 36.9 Å². The Morgan fingerprint density at radius 2 is 1.93 bits per heavy atom. The Bertz CT molecular complexity index is 1010. The molecule has 1 heterocycles. The number of benzene rings is 2. The third-order valence-corrected chi connectivity index (χ3v) is 6.07. The number of hydrogen-bond acceptors (Lipinski definition) is 4. The summed E-state index contributed by atoms with van der Waals surface area (Å²) in [6, 6.07) is 15.1. The minimum atomic E-state index is -3.39. The molecule has 0 saturated heterocycles. The minimum absolute atomic E-state index is 0.0182. The molecule has 0 unspecified atom stereocenters. The number of nitrogens with zero attached hydrogens (tertiary/aromatic N) is 3. The van der Waals surface area contributed by atoms with Crippen LogP contribution in [-0.4, -0.2) is 41.7 Å². The van der Waals surface area contributed by atoms with E-state index in [1.165, 1.54) is 4.31 Å². The first-order chi connectivity index (χ1) is 13.0. The number of hydrogen-bond donors (Lipinski definition) is 0. The van der Waals surface area contributed by atoms with Gasteiger partial charge in [-0.3, -0.25) is 0 Å². The molecule has 0 spiro atoms. The smallest absolute Gasteiger partial charge is 0.215 e. The van der Waals surface area contributed by atoms with Crippen LogP contribution in [0.3, 0.4) is 0 Å². The van der Waals surface area contributed by atoms with Crippen LogP contribution in [0.25, 0.3) is 11.0 Å². The number of para-hydroxylation sites is 2. The van der Waals surface area contributed by atoms with E-state index in [2.05, 4.69) is 11.6 Å². The van der Waals surface area contributed by atoms with Crippen LogP contribution in [0.15, 0.2) is 67.5 Å². The van der Waals surface area contributed by atoms with Gasteiger partial charge in [-0.25, -0.2) is 17.7 Å². The van der Waals surface area contributed by atoms with E-state index in [4.69, 9.17) is 4.74 Å². The van der Waals surface area contributed by atoms with Gasteiger partial charge < -0.3 is 9.30 Å². The highest BCUT2D eigenvalue weighted by molar-refractivity contribution is 7.89. The zero-order valence-corrected chi connectivity index (χ0v) is 16.1. The van der Waals surface area contributed by atoms with Crippen molar-refractivity contribution in [1.29, 1.82) is 0 Å². The zero-order valence-electron chi connectivity index (χ0n) is 15.3. The average Bonchev–Trinajstić information content (AvgIpc) is 3.09. The number of sulfonamides is 1. The van der Waals surface area contributed by atoms with Crippen molar-refractivity contribution in [1.82, 2.24) is 13.9 Å². The SMILES string of the molecule is C=CCOc1ccc(CN(C)S(=O)(=O)CCn2cnc3ccccc32)cc1. The molecule has 0 fully saturated rings. The predicted octanol–water partition coefficient (Wildman–Crippen LogP) is 3.06. The summed E-state index contributed by atoms with van der Waals surface area (Å²) in [7, 11) is -1.79. The molecule has 6 nitrogen and oxygen atoms in total. The Labute approximate surface area is 159 Å². The Morgan fingerprint density at radius 1 is 1.19 bits per heavy atom. The molecule has 0 aliphatic rings. The fourth-order valence-corrected chi connectivity index (χ4v) is 3.84. The van der Waals surface area contributed by atoms with Crippen molar-refractivity contribution < 1.29 is 13.2 Å². The molecular formula is C20H23N3O3S. The number of ether oxygens (including phenoxy) is 1. The van der Waals surface area contributed by atoms with Crippen molar-refractivity contribution in [2.24, 2.45) is 0 Å². The molecule has 0 atom stereocenters. The maximum atomic E-state index is 12.6. The van der Waals surface area contributed by atoms with E-state index in [0.29, 0.717) is 19.7 Å². The number of imidazole rings is 1. The van der Waals surface area contributed by atoms with Crippen LogP contribution in [0, 0.1) is 0 Å². The van der Waals surface area contributed by atoms with Crippen molar-refractivity contribution in [2.45, 2.75) is 13.1 Å². The topological polar surface area (TPSA) is 64.4 Å². The molecule has 27 heavy (non-hydrogen) atoms. The molecule has 1 aromatic heterocycles. The second-order valence-electron chi connectivity index (χ2n) is 6.24. The Morgan fingerprint density at radius 3 is 2.67 bits per heavy atom. The van der Waals surface area contributed by atoms with Gasteiger partial charge in [-0.15, -0.1) is 0 Å². The maximum Gasteiger partial charge on any atom is 0.215 e. The van der Waals surface area contributed by atoms with Crippen molar-refractivity contribution in [3.63, 3.8) is 0 Å². The van der Waals surface area contributed by atoms with Crippen LogP contribution < -0.4 is 4.74 Å². The largest absolute Gasteiger partial charge is 0.490 e. The quantitative estimate of drug-likeness (QED) is 0.531. The molecule has 2 aromatic carbocycles. The Hall–Kier alpha value is -2.64. The van der Waals surface area contributed by atoms with E-state index < -0.39 is 10.0 Å². The summed E-state index contributed by atoms with van der Waals surface area (Å²) in [4.78, 5) is 4.30. The highest BCUT2D eigenvalue weighted by Gasteiger charge is 2.18. The Kier molecular flexibility index (Phi) is 5.93. The highest BCUT2D eigenvalue weighted by Crippen LogP contribution is 2.16. The molecule has 0 radical (unpaired) electrons. The minimum Gasteiger partial charge on any atom is -0.490 e. The summed E-state index contributed by atoms with van der Waals surface area (Å²) in [5.74, 6) is 0.751. The average molecular weight is 385 g/mol. The normalized spacial score (nSPS) is 11.8. The number of fused-ring (bicyclic) bond motifs is 1. The van der Waals surface area contributed by atoms with E-state index >= 15 is 0 Å². The van der Waals surface area contributed by atoms with Crippen molar-refractivity contribution >= 4 is 21.1 Å². The molecule has 0 aliphatic carbocycles. The molecule has 7 heteroatoms. The summed E-state index contributed by atoms with van der Waals surface area (Å²) >= 11 is 0. The summed E-state index contributed by atoms with van der Waals surface area (Å²) in [5.41, 5.74) is 2.70. The summed E-state index contributed by atoms with van der Waals surface area (Å²) in [6.07, 6.45) is 3.36. The molecule has 142 valence electrons. The van der Waals surface area contributed by atoms with E-state index in [9.17, 15) is 8.42 Å². The van der Waals surface area contributed by atoms with Gasteiger partial charge in [0.2, 0.25) is 10.0 Å². The molecule has 0 aliphatic heterocycles. The van der Waals surface area contributed by atoms with E-state index in [0.717, 1.165) is 22.3 Å². The standard InChI is InChI=1S/C20H23N3O3S/c1-3-13-26-18-10-8-17(9-11-18)15-22(2)27(24,25)14-12-23-16-21-19-6-4-5-7-20(19)23/h3-11,16H,1,12-15H2,2H3. The molecule has 3 rings (SSSR count). The van der Waals surface area contributed by atoms with Crippen molar-refractivity contribution in [2.75, 3.05) is 19.4 Å². The van der Waals surface area contributed by atoms with Crippen LogP contribution in [0.5, 0.6) is 5.75 Å². The van der Waals surface area contributed by atoms with Gasteiger partial charge in [0, 0.05) is 20.1 Å². The molecule has 0 amide bonds. The third kappa shape index (κ3) is 4.75. The lowest BCUT2D eigenvalue weighted by molar-refractivity contribution is 0.363. The van der Waals surface area contributed by atoms with Gasteiger partial charge in [-0.2, -0.15) is 0 Å². The summed E-state index contributed by atoms with van der Waals surface area (Å²) in [6.45, 7) is 4.73. The number of aryl methyl sites for hydroxylation is 1. The first-order valence-corrected chi connectivity index (χ1v) is 10.3. The number of rotatable bonds is 9. The van der Waals surface area contributed by atoms with Crippen LogP contribution >= 0.6 is 0 Å². The van der Waals surface area contributed by atoms with E-state index in [1.54, 1.807) is 19.5 Å². The van der Waals surface area contributed by atoms with Gasteiger partial charge in [0.25, 0.3) is 0 Å². The maximum absolute atomic E-state index is 12.6. The lowest BCUT2D eigenvalue weighted by atomic mass is 10.2. The van der Waals surface area contributed by atoms with E-state index in [-0.39, 0.29) is 5.75 Å². The summed E-state index contributed by atoms with van der Waals surface area (Å²) < 4.78 is 33.9. The fourth-order valence-electron chi connectivity index (χ4n) is 2.76. The van der Waals surface area contributed by atoms with Gasteiger partial charge in [0.05, 0.1) is 23.1 Å². The molecule has 0 N–H and O–H groups in total. The van der Waals surface area contributed by atoms with Gasteiger partial charge in [-0.05, 0) is 29.8 Å². The Balaban J connectivity index is 1.61. The predicted molar refractivity (Wildman–Crippen MR) is 107 cm³/mol. The van der Waals surface area contributed by atoms with Crippen LogP contribution in [0.1, 0.15) is 5.56 Å². The van der Waals surface area contributed by atoms with Crippen molar-refractivity contribution in [3.8, 4) is 5.75 Å². The monoisotopic (exact) mass is 385 g/mol. The molecular weight excluding hydrogens is 362 g/mol. The zero-order chi connectivity index (χ0) is 19.3. The van der Waals surface area contributed by atoms with Crippen molar-refractivity contribution in [3.05, 3.63) is 73.1 Å². The van der Waals surface area contributed by atoms with Crippen LogP contribution in [0.4, 0.5) is 0 Å².